The van der Waals surface area contributed by atoms with E-state index in [-0.39, 0.29) is 0 Å². The molecule has 1 saturated carbocycles. The molecular formula is C26H22N4O2. The number of hydroxylamine groups is 1. The molecule has 6 nitrogen and oxygen atoms in total. The van der Waals surface area contributed by atoms with Crippen LogP contribution >= 0.6 is 0 Å². The fraction of sp³-hybridized carbons (Fsp3) is 0.192. The van der Waals surface area contributed by atoms with Crippen molar-refractivity contribution < 1.29 is 10.0 Å². The molecule has 0 saturated heterocycles. The lowest BCUT2D eigenvalue weighted by molar-refractivity contribution is -0.132. The minimum absolute atomic E-state index is 0.377. The Balaban J connectivity index is 1.70. The molecule has 1 aliphatic carbocycles. The molecule has 2 N–H and O–H groups in total. The number of hydrogen-bond donors (Lipinski definition) is 2. The van der Waals surface area contributed by atoms with Gasteiger partial charge in [0.05, 0.1) is 0 Å². The third kappa shape index (κ3) is 3.98. The van der Waals surface area contributed by atoms with E-state index in [0.29, 0.717) is 18.0 Å². The molecule has 1 unspecified atom stereocenters. The molecule has 1 amide bonds. The van der Waals surface area contributed by atoms with E-state index in [2.05, 4.69) is 16.8 Å². The summed E-state index contributed by atoms with van der Waals surface area (Å²) in [5.74, 6) is 6.47. The number of carbonyl (C=O) groups is 1. The van der Waals surface area contributed by atoms with Crippen molar-refractivity contribution in [2.24, 2.45) is 5.92 Å². The molecule has 2 aromatic carbocycles. The molecule has 158 valence electrons. The molecular weight excluding hydrogens is 400 g/mol. The standard InChI is InChI=1S/C26H22N4O2/c31-26(29-32)24(16-19-6-2-1-3-7-19)30-23(14-13-18-11-12-18)22-10-4-9-21(25(22)28-30)20-8-5-15-27-17-20/h1-10,15,17-18,24,32H,11-12,16H2,(H,29,31). The van der Waals surface area contributed by atoms with Crippen molar-refractivity contribution >= 4 is 16.8 Å². The third-order valence-electron chi connectivity index (χ3n) is 5.65. The number of rotatable bonds is 5. The van der Waals surface area contributed by atoms with E-state index < -0.39 is 11.9 Å². The van der Waals surface area contributed by atoms with E-state index in [1.165, 1.54) is 0 Å². The Hall–Kier alpha value is -3.95. The Labute approximate surface area is 185 Å². The van der Waals surface area contributed by atoms with Crippen LogP contribution in [0.3, 0.4) is 0 Å². The molecule has 0 spiro atoms. The maximum absolute atomic E-state index is 12.8. The average Bonchev–Trinajstić information content (AvgIpc) is 3.61. The smallest absolute Gasteiger partial charge is 0.268 e. The molecule has 6 heteroatoms. The van der Waals surface area contributed by atoms with Gasteiger partial charge in [-0.1, -0.05) is 54.5 Å². The van der Waals surface area contributed by atoms with Gasteiger partial charge in [-0.3, -0.25) is 15.0 Å². The van der Waals surface area contributed by atoms with Crippen molar-refractivity contribution in [1.82, 2.24) is 20.2 Å². The topological polar surface area (TPSA) is 80.0 Å². The minimum atomic E-state index is -0.750. The zero-order valence-corrected chi connectivity index (χ0v) is 17.4. The highest BCUT2D eigenvalue weighted by Gasteiger charge is 2.27. The summed E-state index contributed by atoms with van der Waals surface area (Å²) in [7, 11) is 0. The summed E-state index contributed by atoms with van der Waals surface area (Å²) in [6.45, 7) is 0. The molecule has 4 aromatic rings. The van der Waals surface area contributed by atoms with Gasteiger partial charge in [-0.2, -0.15) is 5.10 Å². The predicted octanol–water partition coefficient (Wildman–Crippen LogP) is 4.15. The highest BCUT2D eigenvalue weighted by molar-refractivity contribution is 5.97. The van der Waals surface area contributed by atoms with Gasteiger partial charge >= 0.3 is 0 Å². The summed E-state index contributed by atoms with van der Waals surface area (Å²) in [6.07, 6.45) is 6.11. The van der Waals surface area contributed by atoms with Crippen molar-refractivity contribution in [3.63, 3.8) is 0 Å². The number of amides is 1. The van der Waals surface area contributed by atoms with Crippen LogP contribution < -0.4 is 5.48 Å². The van der Waals surface area contributed by atoms with Crippen LogP contribution in [0.5, 0.6) is 0 Å². The second-order valence-electron chi connectivity index (χ2n) is 7.96. The highest BCUT2D eigenvalue weighted by Crippen LogP contribution is 2.32. The number of fused-ring (bicyclic) bond motifs is 1. The molecule has 1 aliphatic rings. The molecule has 0 aliphatic heterocycles. The summed E-state index contributed by atoms with van der Waals surface area (Å²) in [6, 6.07) is 18.8. The third-order valence-corrected chi connectivity index (χ3v) is 5.65. The minimum Gasteiger partial charge on any atom is -0.289 e. The Morgan fingerprint density at radius 2 is 1.97 bits per heavy atom. The Morgan fingerprint density at radius 1 is 1.12 bits per heavy atom. The number of nitrogens with one attached hydrogen (secondary N) is 1. The maximum Gasteiger partial charge on any atom is 0.268 e. The lowest BCUT2D eigenvalue weighted by atomic mass is 10.0. The van der Waals surface area contributed by atoms with Crippen molar-refractivity contribution in [1.29, 1.82) is 0 Å². The summed E-state index contributed by atoms with van der Waals surface area (Å²) in [5.41, 5.74) is 6.09. The van der Waals surface area contributed by atoms with Crippen molar-refractivity contribution in [3.8, 4) is 23.0 Å². The SMILES string of the molecule is O=C(NO)C(Cc1ccccc1)n1nc2c(-c3cccnc3)cccc2c1C#CC1CC1. The zero-order valence-electron chi connectivity index (χ0n) is 17.4. The summed E-state index contributed by atoms with van der Waals surface area (Å²) in [5, 5.41) is 15.2. The van der Waals surface area contributed by atoms with Crippen LogP contribution in [0.2, 0.25) is 0 Å². The molecule has 1 fully saturated rings. The molecule has 32 heavy (non-hydrogen) atoms. The Kier molecular flexibility index (Phi) is 5.40. The fourth-order valence-corrected chi connectivity index (χ4v) is 3.83. The van der Waals surface area contributed by atoms with Gasteiger partial charge in [0, 0.05) is 41.2 Å². The summed E-state index contributed by atoms with van der Waals surface area (Å²) >= 11 is 0. The lowest BCUT2D eigenvalue weighted by Gasteiger charge is -2.17. The normalized spacial score (nSPS) is 13.9. The Bertz CT molecular complexity index is 1320. The first-order chi connectivity index (χ1) is 15.7. The number of nitrogens with zero attached hydrogens (tertiary/aromatic N) is 3. The van der Waals surface area contributed by atoms with Crippen LogP contribution in [0.4, 0.5) is 0 Å². The second-order valence-corrected chi connectivity index (χ2v) is 7.96. The van der Waals surface area contributed by atoms with Gasteiger partial charge in [0.25, 0.3) is 5.91 Å². The van der Waals surface area contributed by atoms with Gasteiger partial charge in [0.2, 0.25) is 0 Å². The quantitative estimate of drug-likeness (QED) is 0.288. The number of pyridine rings is 1. The second kappa shape index (κ2) is 8.66. The maximum atomic E-state index is 12.8. The number of hydrogen-bond acceptors (Lipinski definition) is 4. The highest BCUT2D eigenvalue weighted by atomic mass is 16.5. The van der Waals surface area contributed by atoms with Crippen LogP contribution in [-0.4, -0.2) is 25.9 Å². The van der Waals surface area contributed by atoms with Gasteiger partial charge in [0.15, 0.2) is 0 Å². The van der Waals surface area contributed by atoms with Crippen LogP contribution in [0.1, 0.15) is 30.1 Å². The Morgan fingerprint density at radius 3 is 2.69 bits per heavy atom. The van der Waals surface area contributed by atoms with Gasteiger partial charge < -0.3 is 0 Å². The van der Waals surface area contributed by atoms with Crippen molar-refractivity contribution in [3.05, 3.63) is 84.3 Å². The molecule has 1 atom stereocenters. The monoisotopic (exact) mass is 422 g/mol. The molecule has 5 rings (SSSR count). The van der Waals surface area contributed by atoms with Crippen LogP contribution in [0, 0.1) is 17.8 Å². The molecule has 0 bridgehead atoms. The molecule has 2 aromatic heterocycles. The van der Waals surface area contributed by atoms with Crippen LogP contribution in [0.25, 0.3) is 22.0 Å². The summed E-state index contributed by atoms with van der Waals surface area (Å²) < 4.78 is 1.67. The number of carbonyl (C=O) groups excluding carboxylic acids is 1. The number of benzene rings is 2. The molecule has 2 heterocycles. The van der Waals surface area contributed by atoms with E-state index >= 15 is 0 Å². The van der Waals surface area contributed by atoms with E-state index in [0.717, 1.165) is 40.4 Å². The van der Waals surface area contributed by atoms with E-state index in [9.17, 15) is 10.0 Å². The predicted molar refractivity (Wildman–Crippen MR) is 122 cm³/mol. The first-order valence-electron chi connectivity index (χ1n) is 10.7. The number of aromatic nitrogens is 3. The van der Waals surface area contributed by atoms with E-state index in [1.54, 1.807) is 17.1 Å². The lowest BCUT2D eigenvalue weighted by Crippen LogP contribution is -2.33. The van der Waals surface area contributed by atoms with Crippen LogP contribution in [0.15, 0.2) is 73.1 Å². The first-order valence-corrected chi connectivity index (χ1v) is 10.7. The average molecular weight is 422 g/mol. The van der Waals surface area contributed by atoms with Crippen LogP contribution in [-0.2, 0) is 11.2 Å². The van der Waals surface area contributed by atoms with Gasteiger partial charge in [-0.25, -0.2) is 10.2 Å². The fourth-order valence-electron chi connectivity index (χ4n) is 3.83. The van der Waals surface area contributed by atoms with Crippen molar-refractivity contribution in [2.45, 2.75) is 25.3 Å². The first kappa shape index (κ1) is 20.0. The largest absolute Gasteiger partial charge is 0.289 e. The van der Waals surface area contributed by atoms with Gasteiger partial charge in [0.1, 0.15) is 17.3 Å². The molecule has 0 radical (unpaired) electrons. The zero-order chi connectivity index (χ0) is 21.9. The van der Waals surface area contributed by atoms with E-state index in [1.807, 2.05) is 66.1 Å². The summed E-state index contributed by atoms with van der Waals surface area (Å²) in [4.78, 5) is 17.0. The van der Waals surface area contributed by atoms with Gasteiger partial charge in [-0.05, 0) is 36.5 Å². The van der Waals surface area contributed by atoms with E-state index in [4.69, 9.17) is 5.10 Å². The van der Waals surface area contributed by atoms with Crippen molar-refractivity contribution in [2.75, 3.05) is 0 Å². The van der Waals surface area contributed by atoms with Gasteiger partial charge in [-0.15, -0.1) is 0 Å².